The van der Waals surface area contributed by atoms with Crippen LogP contribution < -0.4 is 10.1 Å². The lowest BCUT2D eigenvalue weighted by Crippen LogP contribution is -2.46. The summed E-state index contributed by atoms with van der Waals surface area (Å²) >= 11 is 0. The summed E-state index contributed by atoms with van der Waals surface area (Å²) in [5.74, 6) is -1.99. The molecule has 2 bridgehead atoms. The SMILES string of the molecule is CC(C)CNC(=O)OCCOc1cc2c3c(cccc3c1)C(=O)N(OS(=O)(=O)CC13CCC(CC1=O)C3(C)C)C2=O. The highest BCUT2D eigenvalue weighted by Gasteiger charge is 2.65. The van der Waals surface area contributed by atoms with Crippen molar-refractivity contribution in [3.05, 3.63) is 41.5 Å². The summed E-state index contributed by atoms with van der Waals surface area (Å²) in [6.07, 6.45) is 0.899. The van der Waals surface area contributed by atoms with Crippen LogP contribution in [0.4, 0.5) is 4.79 Å². The summed E-state index contributed by atoms with van der Waals surface area (Å²) in [5, 5.41) is 3.76. The largest absolute Gasteiger partial charge is 0.490 e. The number of hydrogen-bond acceptors (Lipinski definition) is 9. The van der Waals surface area contributed by atoms with Crippen LogP contribution in [0.3, 0.4) is 0 Å². The highest BCUT2D eigenvalue weighted by atomic mass is 32.2. The van der Waals surface area contributed by atoms with Crippen LogP contribution in [0.5, 0.6) is 5.75 Å². The molecule has 2 saturated carbocycles. The van der Waals surface area contributed by atoms with Crippen molar-refractivity contribution in [2.75, 3.05) is 25.5 Å². The standard InChI is InChI=1S/C29H34N2O9S/c1-17(2)15-30-27(35)39-11-10-38-20-12-18-6-5-7-21-24(18)22(14-20)26(34)31(25(21)33)40-41(36,37)16-29-9-8-19(13-23(29)32)28(29,3)4/h5-7,12,14,17,19H,8-11,13,15-16H2,1-4H3,(H,30,35). The highest BCUT2D eigenvalue weighted by Crippen LogP contribution is 2.64. The second-order valence-corrected chi connectivity index (χ2v) is 13.5. The van der Waals surface area contributed by atoms with Crippen molar-refractivity contribution >= 4 is 44.6 Å². The highest BCUT2D eigenvalue weighted by molar-refractivity contribution is 7.86. The molecule has 1 heterocycles. The van der Waals surface area contributed by atoms with Gasteiger partial charge in [0.1, 0.15) is 24.7 Å². The number of ether oxygens (including phenoxy) is 2. The van der Waals surface area contributed by atoms with E-state index in [4.69, 9.17) is 13.8 Å². The Morgan fingerprint density at radius 3 is 2.49 bits per heavy atom. The molecule has 0 aromatic heterocycles. The first kappa shape index (κ1) is 29.0. The summed E-state index contributed by atoms with van der Waals surface area (Å²) in [6, 6.07) is 7.82. The average molecular weight is 587 g/mol. The van der Waals surface area contributed by atoms with Gasteiger partial charge in [-0.05, 0) is 53.7 Å². The number of imide groups is 1. The number of ketones is 1. The van der Waals surface area contributed by atoms with Crippen LogP contribution in [0.2, 0.25) is 0 Å². The zero-order valence-electron chi connectivity index (χ0n) is 23.5. The number of Topliss-reactive ketones (excluding diaryl/α,β-unsaturated/α-hetero) is 1. The first-order valence-electron chi connectivity index (χ1n) is 13.7. The van der Waals surface area contributed by atoms with E-state index in [-0.39, 0.29) is 52.8 Å². The molecular weight excluding hydrogens is 552 g/mol. The molecule has 5 rings (SSSR count). The van der Waals surface area contributed by atoms with E-state index in [9.17, 15) is 27.6 Å². The zero-order chi connectivity index (χ0) is 29.7. The molecule has 2 unspecified atom stereocenters. The van der Waals surface area contributed by atoms with Gasteiger partial charge in [0.2, 0.25) is 0 Å². The predicted octanol–water partition coefficient (Wildman–Crippen LogP) is 3.85. The first-order chi connectivity index (χ1) is 19.3. The fourth-order valence-corrected chi connectivity index (χ4v) is 8.09. The van der Waals surface area contributed by atoms with Gasteiger partial charge >= 0.3 is 6.09 Å². The minimum Gasteiger partial charge on any atom is -0.490 e. The van der Waals surface area contributed by atoms with E-state index in [2.05, 4.69) is 5.32 Å². The second-order valence-electron chi connectivity index (χ2n) is 12.0. The maximum absolute atomic E-state index is 13.5. The summed E-state index contributed by atoms with van der Waals surface area (Å²) in [4.78, 5) is 51.4. The topological polar surface area (TPSA) is 145 Å². The van der Waals surface area contributed by atoms with Crippen LogP contribution in [-0.4, -0.2) is 62.7 Å². The Morgan fingerprint density at radius 1 is 1.10 bits per heavy atom. The molecule has 2 atom stereocenters. The van der Waals surface area contributed by atoms with Gasteiger partial charge in [-0.3, -0.25) is 14.4 Å². The summed E-state index contributed by atoms with van der Waals surface area (Å²) in [7, 11) is -4.52. The van der Waals surface area contributed by atoms with Crippen molar-refractivity contribution in [2.24, 2.45) is 22.7 Å². The molecule has 3 amide bonds. The van der Waals surface area contributed by atoms with Crippen LogP contribution in [0.1, 0.15) is 67.7 Å². The molecule has 41 heavy (non-hydrogen) atoms. The minimum absolute atomic E-state index is 0.00561. The average Bonchev–Trinajstić information content (AvgIpc) is 3.25. The maximum Gasteiger partial charge on any atom is 0.407 e. The van der Waals surface area contributed by atoms with E-state index in [0.29, 0.717) is 30.2 Å². The molecule has 1 aliphatic heterocycles. The Hall–Kier alpha value is -3.51. The number of nitrogens with one attached hydrogen (secondary N) is 1. The lowest BCUT2D eigenvalue weighted by Gasteiger charge is -2.36. The molecule has 2 aromatic rings. The van der Waals surface area contributed by atoms with Gasteiger partial charge in [-0.1, -0.05) is 39.8 Å². The summed E-state index contributed by atoms with van der Waals surface area (Å²) in [6.45, 7) is 8.12. The van der Waals surface area contributed by atoms with E-state index in [1.165, 1.54) is 12.1 Å². The molecule has 3 aliphatic rings. The first-order valence-corrected chi connectivity index (χ1v) is 15.3. The Balaban J connectivity index is 1.34. The number of benzene rings is 2. The molecule has 2 aliphatic carbocycles. The quantitative estimate of drug-likeness (QED) is 0.324. The number of carbonyl (C=O) groups excluding carboxylic acids is 4. The Morgan fingerprint density at radius 2 is 1.83 bits per heavy atom. The monoisotopic (exact) mass is 586 g/mol. The molecule has 0 spiro atoms. The molecule has 1 N–H and O–H groups in total. The number of alkyl carbamates (subject to hydrolysis) is 1. The molecule has 11 nitrogen and oxygen atoms in total. The van der Waals surface area contributed by atoms with E-state index in [1.54, 1.807) is 18.2 Å². The number of amides is 3. The Kier molecular flexibility index (Phi) is 7.35. The van der Waals surface area contributed by atoms with Crippen LogP contribution in [0, 0.1) is 22.7 Å². The van der Waals surface area contributed by atoms with Gasteiger partial charge in [0, 0.05) is 18.4 Å². The lowest BCUT2D eigenvalue weighted by atomic mass is 9.70. The number of nitrogens with zero attached hydrogens (tertiary/aromatic N) is 1. The summed E-state index contributed by atoms with van der Waals surface area (Å²) in [5.41, 5.74) is -1.54. The third-order valence-electron chi connectivity index (χ3n) is 8.77. The van der Waals surface area contributed by atoms with Gasteiger partial charge in [0.15, 0.2) is 0 Å². The van der Waals surface area contributed by atoms with Crippen molar-refractivity contribution < 1.29 is 41.4 Å². The number of fused-ring (bicyclic) bond motifs is 2. The third-order valence-corrected chi connectivity index (χ3v) is 9.99. The van der Waals surface area contributed by atoms with Crippen LogP contribution in [0.25, 0.3) is 10.8 Å². The molecule has 2 fully saturated rings. The third kappa shape index (κ3) is 5.07. The Bertz CT molecular complexity index is 1550. The van der Waals surface area contributed by atoms with Crippen molar-refractivity contribution in [3.63, 3.8) is 0 Å². The fraction of sp³-hybridized carbons (Fsp3) is 0.517. The van der Waals surface area contributed by atoms with Crippen LogP contribution in [0.15, 0.2) is 30.3 Å². The molecule has 0 saturated heterocycles. The molecule has 220 valence electrons. The molecule has 12 heteroatoms. The smallest absolute Gasteiger partial charge is 0.407 e. The number of hydrogen-bond donors (Lipinski definition) is 1. The van der Waals surface area contributed by atoms with Crippen molar-refractivity contribution in [1.82, 2.24) is 10.4 Å². The lowest BCUT2D eigenvalue weighted by molar-refractivity contribution is -0.128. The number of rotatable bonds is 10. The van der Waals surface area contributed by atoms with E-state index in [0.717, 1.165) is 6.42 Å². The van der Waals surface area contributed by atoms with Crippen molar-refractivity contribution in [3.8, 4) is 5.75 Å². The summed E-state index contributed by atoms with van der Waals surface area (Å²) < 4.78 is 42.6. The molecular formula is C29H34N2O9S. The van der Waals surface area contributed by atoms with E-state index >= 15 is 0 Å². The second kappa shape index (κ2) is 10.4. The van der Waals surface area contributed by atoms with Gasteiger partial charge in [-0.2, -0.15) is 8.42 Å². The molecule has 2 aromatic carbocycles. The van der Waals surface area contributed by atoms with E-state index in [1.807, 2.05) is 27.7 Å². The molecule has 0 radical (unpaired) electrons. The Labute approximate surface area is 238 Å². The number of hydroxylamine groups is 2. The van der Waals surface area contributed by atoms with Gasteiger partial charge < -0.3 is 14.8 Å². The normalized spacial score (nSPS) is 23.0. The fourth-order valence-electron chi connectivity index (χ4n) is 6.39. The zero-order valence-corrected chi connectivity index (χ0v) is 24.3. The van der Waals surface area contributed by atoms with Gasteiger partial charge in [0.05, 0.1) is 22.3 Å². The minimum atomic E-state index is -4.52. The van der Waals surface area contributed by atoms with Crippen molar-refractivity contribution in [1.29, 1.82) is 0 Å². The van der Waals surface area contributed by atoms with Gasteiger partial charge in [0.25, 0.3) is 21.9 Å². The predicted molar refractivity (Wildman–Crippen MR) is 148 cm³/mol. The van der Waals surface area contributed by atoms with Crippen LogP contribution in [-0.2, 0) is 23.9 Å². The van der Waals surface area contributed by atoms with Gasteiger partial charge in [-0.25, -0.2) is 4.79 Å². The number of carbonyl (C=O) groups is 4. The maximum atomic E-state index is 13.5. The van der Waals surface area contributed by atoms with Gasteiger partial charge in [-0.15, -0.1) is 9.35 Å². The van der Waals surface area contributed by atoms with E-state index < -0.39 is 44.6 Å². The van der Waals surface area contributed by atoms with Crippen LogP contribution >= 0.6 is 0 Å². The van der Waals surface area contributed by atoms with Crippen molar-refractivity contribution in [2.45, 2.75) is 47.0 Å².